The van der Waals surface area contributed by atoms with Gasteiger partial charge in [0.25, 0.3) is 0 Å². The van der Waals surface area contributed by atoms with Gasteiger partial charge in [-0.05, 0) is 38.3 Å². The predicted octanol–water partition coefficient (Wildman–Crippen LogP) is 1.73. The average Bonchev–Trinajstić information content (AvgIpc) is 2.35. The molecule has 82 valence electrons. The molecule has 14 heavy (non-hydrogen) atoms. The van der Waals surface area contributed by atoms with E-state index >= 15 is 0 Å². The molecule has 2 aliphatic rings. The van der Waals surface area contributed by atoms with E-state index in [1.165, 1.54) is 12.8 Å². The molecule has 0 aromatic carbocycles. The number of aliphatic hydroxyl groups is 1. The van der Waals surface area contributed by atoms with Crippen molar-refractivity contribution in [1.29, 1.82) is 0 Å². The van der Waals surface area contributed by atoms with Crippen LogP contribution in [-0.2, 0) is 0 Å². The Morgan fingerprint density at radius 2 is 1.79 bits per heavy atom. The fourth-order valence-corrected chi connectivity index (χ4v) is 3.93. The van der Waals surface area contributed by atoms with Gasteiger partial charge in [0.1, 0.15) is 0 Å². The molecular formula is C12H23NO. The van der Waals surface area contributed by atoms with Gasteiger partial charge in [-0.3, -0.25) is 0 Å². The molecule has 0 saturated heterocycles. The van der Waals surface area contributed by atoms with Gasteiger partial charge < -0.3 is 10.0 Å². The summed E-state index contributed by atoms with van der Waals surface area (Å²) in [6, 6.07) is 0.365. The summed E-state index contributed by atoms with van der Waals surface area (Å²) >= 11 is 0. The van der Waals surface area contributed by atoms with Crippen LogP contribution >= 0.6 is 0 Å². The van der Waals surface area contributed by atoms with Crippen molar-refractivity contribution in [3.05, 3.63) is 0 Å². The first kappa shape index (κ1) is 10.4. The summed E-state index contributed by atoms with van der Waals surface area (Å²) in [6.45, 7) is 6.93. The molecule has 2 aliphatic carbocycles. The second-order valence-electron chi connectivity index (χ2n) is 6.18. The van der Waals surface area contributed by atoms with Gasteiger partial charge >= 0.3 is 0 Å². The van der Waals surface area contributed by atoms with Crippen LogP contribution in [0, 0.1) is 16.7 Å². The maximum Gasteiger partial charge on any atom is 0.0756 e. The molecule has 0 spiro atoms. The summed E-state index contributed by atoms with van der Waals surface area (Å²) in [4.78, 5) is 2.21. The fraction of sp³-hybridized carbons (Fsp3) is 1.00. The number of aliphatic hydroxyl groups excluding tert-OH is 1. The molecule has 1 N–H and O–H groups in total. The van der Waals surface area contributed by atoms with Crippen LogP contribution in [0.15, 0.2) is 0 Å². The van der Waals surface area contributed by atoms with Crippen molar-refractivity contribution < 1.29 is 5.11 Å². The highest BCUT2D eigenvalue weighted by Crippen LogP contribution is 2.66. The van der Waals surface area contributed by atoms with Crippen LogP contribution in [0.2, 0.25) is 0 Å². The first-order valence-corrected chi connectivity index (χ1v) is 5.67. The zero-order valence-corrected chi connectivity index (χ0v) is 10.0. The molecule has 4 atom stereocenters. The first-order valence-electron chi connectivity index (χ1n) is 5.67. The van der Waals surface area contributed by atoms with Gasteiger partial charge in [-0.15, -0.1) is 0 Å². The monoisotopic (exact) mass is 197 g/mol. The lowest BCUT2D eigenvalue weighted by atomic mass is 9.70. The van der Waals surface area contributed by atoms with Crippen molar-refractivity contribution in [2.45, 2.75) is 45.8 Å². The van der Waals surface area contributed by atoms with Gasteiger partial charge in [-0.2, -0.15) is 0 Å². The Morgan fingerprint density at radius 3 is 2.07 bits per heavy atom. The highest BCUT2D eigenvalue weighted by molar-refractivity contribution is 5.16. The van der Waals surface area contributed by atoms with Crippen LogP contribution in [0.5, 0.6) is 0 Å². The lowest BCUT2D eigenvalue weighted by Gasteiger charge is -2.38. The van der Waals surface area contributed by atoms with Crippen molar-refractivity contribution >= 4 is 0 Å². The maximum absolute atomic E-state index is 10.4. The summed E-state index contributed by atoms with van der Waals surface area (Å²) in [7, 11) is 4.18. The fourth-order valence-electron chi connectivity index (χ4n) is 3.93. The minimum Gasteiger partial charge on any atom is -0.391 e. The third kappa shape index (κ3) is 0.938. The molecule has 0 heterocycles. The van der Waals surface area contributed by atoms with Crippen molar-refractivity contribution in [3.63, 3.8) is 0 Å². The number of hydrogen-bond donors (Lipinski definition) is 1. The van der Waals surface area contributed by atoms with Crippen molar-refractivity contribution in [2.24, 2.45) is 16.7 Å². The number of hydrogen-bond acceptors (Lipinski definition) is 2. The average molecular weight is 197 g/mol. The van der Waals surface area contributed by atoms with Crippen LogP contribution in [0.1, 0.15) is 33.6 Å². The third-order valence-electron chi connectivity index (χ3n) is 5.36. The summed E-state index contributed by atoms with van der Waals surface area (Å²) < 4.78 is 0. The third-order valence-corrected chi connectivity index (χ3v) is 5.36. The van der Waals surface area contributed by atoms with E-state index in [4.69, 9.17) is 0 Å². The second-order valence-corrected chi connectivity index (χ2v) is 6.18. The minimum atomic E-state index is -0.147. The van der Waals surface area contributed by atoms with Crippen LogP contribution in [-0.4, -0.2) is 36.2 Å². The zero-order valence-electron chi connectivity index (χ0n) is 10.0. The van der Waals surface area contributed by atoms with Crippen LogP contribution < -0.4 is 0 Å². The van der Waals surface area contributed by atoms with E-state index in [2.05, 4.69) is 39.8 Å². The smallest absolute Gasteiger partial charge is 0.0756 e. The van der Waals surface area contributed by atoms with Crippen molar-refractivity contribution in [2.75, 3.05) is 14.1 Å². The predicted molar refractivity (Wildman–Crippen MR) is 58.1 cm³/mol. The van der Waals surface area contributed by atoms with Gasteiger partial charge in [0, 0.05) is 11.5 Å². The Labute approximate surface area is 87.3 Å². The standard InChI is InChI=1S/C12H23NO/c1-11(2)8-6-7-12(11,3)10(14)9(8)13(4)5/h8-10,14H,6-7H2,1-5H3/t8-,9+,10+,12-/m1/s1. The molecule has 2 fully saturated rings. The SMILES string of the molecule is CN(C)[C@H]1[C@H]2CC[C@](C)([C@H]1O)C2(C)C. The molecule has 0 amide bonds. The molecule has 0 aliphatic heterocycles. The molecule has 0 aromatic rings. The van der Waals surface area contributed by atoms with E-state index < -0.39 is 0 Å². The summed E-state index contributed by atoms with van der Waals surface area (Å²) in [5.74, 6) is 0.664. The van der Waals surface area contributed by atoms with Gasteiger partial charge in [-0.1, -0.05) is 20.8 Å². The van der Waals surface area contributed by atoms with Crippen LogP contribution in [0.3, 0.4) is 0 Å². The first-order chi connectivity index (χ1) is 6.32. The molecule has 0 unspecified atom stereocenters. The Morgan fingerprint density at radius 1 is 1.21 bits per heavy atom. The number of likely N-dealkylation sites (N-methyl/N-ethyl adjacent to an activating group) is 1. The quantitative estimate of drug-likeness (QED) is 0.692. The van der Waals surface area contributed by atoms with Crippen molar-refractivity contribution in [1.82, 2.24) is 4.90 Å². The number of fused-ring (bicyclic) bond motifs is 2. The van der Waals surface area contributed by atoms with E-state index in [9.17, 15) is 5.11 Å². The number of rotatable bonds is 1. The van der Waals surface area contributed by atoms with E-state index in [-0.39, 0.29) is 11.5 Å². The Kier molecular flexibility index (Phi) is 2.04. The summed E-state index contributed by atoms with van der Waals surface area (Å²) in [5, 5.41) is 10.4. The Bertz CT molecular complexity index is 249. The normalized spacial score (nSPS) is 50.4. The van der Waals surface area contributed by atoms with Crippen molar-refractivity contribution in [3.8, 4) is 0 Å². The minimum absolute atomic E-state index is 0.132. The highest BCUT2D eigenvalue weighted by atomic mass is 16.3. The molecule has 0 radical (unpaired) electrons. The molecule has 2 saturated carbocycles. The van der Waals surface area contributed by atoms with E-state index in [1.807, 2.05) is 0 Å². The lowest BCUT2D eigenvalue weighted by molar-refractivity contribution is -0.0195. The largest absolute Gasteiger partial charge is 0.391 e. The molecular weight excluding hydrogens is 174 g/mol. The number of nitrogens with zero attached hydrogens (tertiary/aromatic N) is 1. The molecule has 2 heteroatoms. The maximum atomic E-state index is 10.4. The summed E-state index contributed by atoms with van der Waals surface area (Å²) in [5.41, 5.74) is 0.425. The topological polar surface area (TPSA) is 23.5 Å². The van der Waals surface area contributed by atoms with E-state index in [0.29, 0.717) is 17.4 Å². The zero-order chi connectivity index (χ0) is 10.7. The van der Waals surface area contributed by atoms with Gasteiger partial charge in [0.2, 0.25) is 0 Å². The molecule has 2 rings (SSSR count). The van der Waals surface area contributed by atoms with E-state index in [1.54, 1.807) is 0 Å². The summed E-state index contributed by atoms with van der Waals surface area (Å²) in [6.07, 6.45) is 2.32. The Hall–Kier alpha value is -0.0800. The molecule has 2 bridgehead atoms. The lowest BCUT2D eigenvalue weighted by Crippen LogP contribution is -2.46. The van der Waals surface area contributed by atoms with Crippen LogP contribution in [0.4, 0.5) is 0 Å². The molecule has 2 nitrogen and oxygen atoms in total. The van der Waals surface area contributed by atoms with Gasteiger partial charge in [0.15, 0.2) is 0 Å². The van der Waals surface area contributed by atoms with Gasteiger partial charge in [-0.25, -0.2) is 0 Å². The Balaban J connectivity index is 2.39. The second kappa shape index (κ2) is 2.73. The highest BCUT2D eigenvalue weighted by Gasteiger charge is 2.66. The van der Waals surface area contributed by atoms with E-state index in [0.717, 1.165) is 0 Å². The van der Waals surface area contributed by atoms with Crippen LogP contribution in [0.25, 0.3) is 0 Å². The molecule has 0 aromatic heterocycles. The van der Waals surface area contributed by atoms with Gasteiger partial charge in [0.05, 0.1) is 6.10 Å².